The molecule has 0 amide bonds. The third kappa shape index (κ3) is 2.38. The zero-order valence-electron chi connectivity index (χ0n) is 6.77. The Morgan fingerprint density at radius 3 is 3.10 bits per heavy atom. The topological polar surface area (TPSA) is 0 Å². The third-order valence-corrected chi connectivity index (χ3v) is 1.90. The van der Waals surface area contributed by atoms with E-state index in [2.05, 4.69) is 25.2 Å². The molecule has 1 aliphatic carbocycles. The van der Waals surface area contributed by atoms with Crippen LogP contribution in [0.2, 0.25) is 0 Å². The minimum atomic E-state index is 1.26. The summed E-state index contributed by atoms with van der Waals surface area (Å²) in [5.74, 6) is 0. The molecule has 0 aromatic carbocycles. The number of allylic oxidation sites excluding steroid dienone is 4. The molecule has 0 heteroatoms. The normalized spacial score (nSPS) is 20.7. The van der Waals surface area contributed by atoms with Gasteiger partial charge in [-0.2, -0.15) is 0 Å². The fourth-order valence-corrected chi connectivity index (χ4v) is 1.23. The van der Waals surface area contributed by atoms with Crippen LogP contribution in [0.1, 0.15) is 39.0 Å². The maximum atomic E-state index is 2.38. The quantitative estimate of drug-likeness (QED) is 0.521. The van der Waals surface area contributed by atoms with E-state index in [4.69, 9.17) is 0 Å². The van der Waals surface area contributed by atoms with E-state index in [1.807, 2.05) is 0 Å². The van der Waals surface area contributed by atoms with Crippen LogP contribution in [0, 0.1) is 0 Å². The molecule has 0 fully saturated rings. The summed E-state index contributed by atoms with van der Waals surface area (Å²) in [6.45, 7) is 2.24. The first-order valence-corrected chi connectivity index (χ1v) is 4.29. The molecule has 0 saturated heterocycles. The predicted molar refractivity (Wildman–Crippen MR) is 46.0 cm³/mol. The zero-order valence-corrected chi connectivity index (χ0v) is 6.77. The van der Waals surface area contributed by atoms with Gasteiger partial charge in [0.25, 0.3) is 0 Å². The number of hydrogen-bond donors (Lipinski definition) is 0. The molecule has 1 rings (SSSR count). The summed E-state index contributed by atoms with van der Waals surface area (Å²) < 4.78 is 0. The fourth-order valence-electron chi connectivity index (χ4n) is 1.23. The number of rotatable bonds is 3. The number of unbranched alkanes of at least 4 members (excludes halogenated alkanes) is 2. The van der Waals surface area contributed by atoms with Crippen molar-refractivity contribution in [3.05, 3.63) is 23.8 Å². The van der Waals surface area contributed by atoms with Crippen molar-refractivity contribution >= 4 is 0 Å². The highest BCUT2D eigenvalue weighted by Crippen LogP contribution is 2.16. The highest BCUT2D eigenvalue weighted by molar-refractivity contribution is 5.23. The minimum Gasteiger partial charge on any atom is -0.0839 e. The first-order chi connectivity index (χ1) is 4.93. The van der Waals surface area contributed by atoms with Crippen LogP contribution in [-0.4, -0.2) is 0 Å². The van der Waals surface area contributed by atoms with E-state index in [1.165, 1.54) is 32.1 Å². The van der Waals surface area contributed by atoms with E-state index in [0.29, 0.717) is 0 Å². The summed E-state index contributed by atoms with van der Waals surface area (Å²) in [5, 5.41) is 0. The van der Waals surface area contributed by atoms with Crippen LogP contribution in [0.5, 0.6) is 0 Å². The Bertz CT molecular complexity index is 140. The Hall–Kier alpha value is -0.520. The van der Waals surface area contributed by atoms with Crippen molar-refractivity contribution in [3.8, 4) is 0 Å². The second-order valence-corrected chi connectivity index (χ2v) is 2.86. The van der Waals surface area contributed by atoms with Crippen LogP contribution < -0.4 is 0 Å². The van der Waals surface area contributed by atoms with Crippen LogP contribution in [0.15, 0.2) is 23.8 Å². The molecule has 0 bridgehead atoms. The molecular weight excluding hydrogens is 120 g/mol. The maximum Gasteiger partial charge on any atom is -0.0247 e. The van der Waals surface area contributed by atoms with Gasteiger partial charge in [-0.05, 0) is 19.3 Å². The Kier molecular flexibility index (Phi) is 3.28. The molecule has 0 aliphatic heterocycles. The van der Waals surface area contributed by atoms with Gasteiger partial charge in [0.15, 0.2) is 0 Å². The van der Waals surface area contributed by atoms with E-state index in [-0.39, 0.29) is 0 Å². The summed E-state index contributed by atoms with van der Waals surface area (Å²) in [6.07, 6.45) is 13.4. The van der Waals surface area contributed by atoms with Gasteiger partial charge in [-0.1, -0.05) is 43.6 Å². The molecule has 0 aromatic rings. The van der Waals surface area contributed by atoms with E-state index >= 15 is 0 Å². The van der Waals surface area contributed by atoms with Gasteiger partial charge in [-0.3, -0.25) is 0 Å². The predicted octanol–water partition coefficient (Wildman–Crippen LogP) is 3.45. The minimum absolute atomic E-state index is 1.26. The van der Waals surface area contributed by atoms with Gasteiger partial charge < -0.3 is 0 Å². The summed E-state index contributed by atoms with van der Waals surface area (Å²) in [4.78, 5) is 0. The summed E-state index contributed by atoms with van der Waals surface area (Å²) in [7, 11) is 0. The second-order valence-electron chi connectivity index (χ2n) is 2.86. The summed E-state index contributed by atoms with van der Waals surface area (Å²) >= 11 is 0. The lowest BCUT2D eigenvalue weighted by Gasteiger charge is -1.92. The molecule has 0 radical (unpaired) electrons. The van der Waals surface area contributed by atoms with Crippen LogP contribution >= 0.6 is 0 Å². The highest BCUT2D eigenvalue weighted by Gasteiger charge is 1.96. The van der Waals surface area contributed by atoms with Gasteiger partial charge in [-0.25, -0.2) is 0 Å². The van der Waals surface area contributed by atoms with Crippen LogP contribution in [0.3, 0.4) is 0 Å². The third-order valence-electron chi connectivity index (χ3n) is 1.90. The molecule has 0 unspecified atom stereocenters. The average Bonchev–Trinajstić information content (AvgIpc) is 2.41. The van der Waals surface area contributed by atoms with Crippen LogP contribution in [-0.2, 0) is 0 Å². The zero-order chi connectivity index (χ0) is 7.23. The van der Waals surface area contributed by atoms with Crippen LogP contribution in [0.4, 0.5) is 0 Å². The van der Waals surface area contributed by atoms with Crippen LogP contribution in [0.25, 0.3) is 0 Å². The van der Waals surface area contributed by atoms with Gasteiger partial charge >= 0.3 is 0 Å². The van der Waals surface area contributed by atoms with E-state index in [9.17, 15) is 0 Å². The standard InChI is InChI=1S/C10H16/c1-2-3-4-7-10-8-5-6-9-10/h5,7-8H,2-4,6,9H2,1H3. The molecule has 56 valence electrons. The lowest BCUT2D eigenvalue weighted by Crippen LogP contribution is -1.72. The molecule has 0 atom stereocenters. The molecule has 0 heterocycles. The Balaban J connectivity index is 2.19. The maximum absolute atomic E-state index is 2.38. The lowest BCUT2D eigenvalue weighted by atomic mass is 10.1. The molecule has 0 nitrogen and oxygen atoms in total. The van der Waals surface area contributed by atoms with Crippen molar-refractivity contribution in [3.63, 3.8) is 0 Å². The molecule has 0 N–H and O–H groups in total. The van der Waals surface area contributed by atoms with E-state index in [1.54, 1.807) is 5.57 Å². The molecule has 10 heavy (non-hydrogen) atoms. The van der Waals surface area contributed by atoms with Crippen molar-refractivity contribution in [2.75, 3.05) is 0 Å². The monoisotopic (exact) mass is 136 g/mol. The smallest absolute Gasteiger partial charge is 0.0247 e. The van der Waals surface area contributed by atoms with E-state index < -0.39 is 0 Å². The first kappa shape index (κ1) is 7.59. The second kappa shape index (κ2) is 4.32. The summed E-state index contributed by atoms with van der Waals surface area (Å²) in [5.41, 5.74) is 1.55. The molecule has 0 saturated carbocycles. The highest BCUT2D eigenvalue weighted by atomic mass is 14.0. The summed E-state index contributed by atoms with van der Waals surface area (Å²) in [6, 6.07) is 0. The fraction of sp³-hybridized carbons (Fsp3) is 0.600. The van der Waals surface area contributed by atoms with Crippen molar-refractivity contribution in [1.29, 1.82) is 0 Å². The Labute approximate surface area is 63.6 Å². The Morgan fingerprint density at radius 2 is 2.50 bits per heavy atom. The van der Waals surface area contributed by atoms with Crippen molar-refractivity contribution in [2.45, 2.75) is 39.0 Å². The average molecular weight is 136 g/mol. The van der Waals surface area contributed by atoms with Gasteiger partial charge in [0.2, 0.25) is 0 Å². The number of hydrogen-bond acceptors (Lipinski definition) is 0. The molecule has 1 aliphatic rings. The van der Waals surface area contributed by atoms with Gasteiger partial charge in [0.1, 0.15) is 0 Å². The molecule has 0 spiro atoms. The first-order valence-electron chi connectivity index (χ1n) is 4.29. The largest absolute Gasteiger partial charge is 0.0839 e. The van der Waals surface area contributed by atoms with Crippen molar-refractivity contribution in [1.82, 2.24) is 0 Å². The van der Waals surface area contributed by atoms with Gasteiger partial charge in [-0.15, -0.1) is 0 Å². The van der Waals surface area contributed by atoms with Crippen molar-refractivity contribution < 1.29 is 0 Å². The van der Waals surface area contributed by atoms with E-state index in [0.717, 1.165) is 0 Å². The Morgan fingerprint density at radius 1 is 1.60 bits per heavy atom. The van der Waals surface area contributed by atoms with Crippen molar-refractivity contribution in [2.24, 2.45) is 0 Å². The molecular formula is C10H16. The van der Waals surface area contributed by atoms with Gasteiger partial charge in [0, 0.05) is 0 Å². The molecule has 0 aromatic heterocycles. The van der Waals surface area contributed by atoms with Gasteiger partial charge in [0.05, 0.1) is 0 Å². The lowest BCUT2D eigenvalue weighted by molar-refractivity contribution is 0.809. The SMILES string of the molecule is CCCCC=C1C=CCC1.